The molecule has 0 aliphatic carbocycles. The lowest BCUT2D eigenvalue weighted by Gasteiger charge is -2.37. The molecule has 0 bridgehead atoms. The zero-order valence-corrected chi connectivity index (χ0v) is 18.6. The van der Waals surface area contributed by atoms with E-state index in [9.17, 15) is 4.79 Å². The molecule has 0 fully saturated rings. The molecule has 8 nitrogen and oxygen atoms in total. The van der Waals surface area contributed by atoms with Gasteiger partial charge < -0.3 is 33.7 Å². The summed E-state index contributed by atoms with van der Waals surface area (Å²) in [6.45, 7) is 1.28. The van der Waals surface area contributed by atoms with Crippen LogP contribution in [0, 0.1) is 0 Å². The Balaban J connectivity index is 1.66. The molecule has 0 saturated carbocycles. The Morgan fingerprint density at radius 1 is 0.906 bits per heavy atom. The Kier molecular flexibility index (Phi) is 6.11. The first-order valence-corrected chi connectivity index (χ1v) is 10.3. The predicted octanol–water partition coefficient (Wildman–Crippen LogP) is 4.16. The molecule has 0 spiro atoms. The van der Waals surface area contributed by atoms with Crippen LogP contribution in [0.2, 0.25) is 0 Å². The molecule has 3 aromatic rings. The minimum atomic E-state index is -0.230. The van der Waals surface area contributed by atoms with Gasteiger partial charge in [0.05, 0.1) is 40.2 Å². The maximum Gasteiger partial charge on any atom is 0.322 e. The third kappa shape index (κ3) is 3.91. The first-order chi connectivity index (χ1) is 15.6. The van der Waals surface area contributed by atoms with Crippen molar-refractivity contribution in [2.75, 3.05) is 40.3 Å². The van der Waals surface area contributed by atoms with Crippen LogP contribution in [0.1, 0.15) is 17.3 Å². The van der Waals surface area contributed by atoms with Crippen LogP contribution < -0.4 is 24.3 Å². The van der Waals surface area contributed by atoms with E-state index >= 15 is 0 Å². The summed E-state index contributed by atoms with van der Waals surface area (Å²) < 4.78 is 23.7. The third-order valence-corrected chi connectivity index (χ3v) is 5.65. The van der Waals surface area contributed by atoms with Crippen molar-refractivity contribution in [3.05, 3.63) is 66.0 Å². The molecule has 1 aliphatic rings. The number of carbonyl (C=O) groups excluding carboxylic acids is 1. The largest absolute Gasteiger partial charge is 0.497 e. The monoisotopic (exact) mass is 437 g/mol. The molecule has 2 aromatic carbocycles. The molecule has 1 aliphatic heterocycles. The summed E-state index contributed by atoms with van der Waals surface area (Å²) in [7, 11) is 6.27. The minimum absolute atomic E-state index is 0.215. The average molecular weight is 437 g/mol. The fraction of sp³-hybridized carbons (Fsp3) is 0.292. The van der Waals surface area contributed by atoms with Crippen LogP contribution in [-0.2, 0) is 6.54 Å². The van der Waals surface area contributed by atoms with E-state index in [1.54, 1.807) is 40.6 Å². The summed E-state index contributed by atoms with van der Waals surface area (Å²) >= 11 is 0. The SMILES string of the molecule is COc1ccc([C@H]2c3cccn3CCN2C(=O)Nc2cc(OC)c(OC)c(OC)c2)cc1. The zero-order valence-electron chi connectivity index (χ0n) is 18.6. The van der Waals surface area contributed by atoms with Crippen molar-refractivity contribution < 1.29 is 23.7 Å². The Bertz CT molecular complexity index is 1070. The van der Waals surface area contributed by atoms with Crippen LogP contribution >= 0.6 is 0 Å². The number of ether oxygens (including phenoxy) is 4. The van der Waals surface area contributed by atoms with Gasteiger partial charge in [0.15, 0.2) is 11.5 Å². The molecular formula is C24H27N3O5. The van der Waals surface area contributed by atoms with Gasteiger partial charge in [0.2, 0.25) is 5.75 Å². The van der Waals surface area contributed by atoms with Crippen LogP contribution in [0.15, 0.2) is 54.7 Å². The number of anilines is 1. The Labute approximate surface area is 187 Å². The molecule has 168 valence electrons. The fourth-order valence-electron chi connectivity index (χ4n) is 4.09. The van der Waals surface area contributed by atoms with Gasteiger partial charge in [-0.25, -0.2) is 4.79 Å². The van der Waals surface area contributed by atoms with Gasteiger partial charge in [0, 0.05) is 37.1 Å². The van der Waals surface area contributed by atoms with E-state index in [4.69, 9.17) is 18.9 Å². The fourth-order valence-corrected chi connectivity index (χ4v) is 4.09. The first-order valence-electron chi connectivity index (χ1n) is 10.3. The molecule has 1 atom stereocenters. The highest BCUT2D eigenvalue weighted by Crippen LogP contribution is 2.40. The summed E-state index contributed by atoms with van der Waals surface area (Å²) in [5.74, 6) is 2.19. The molecular weight excluding hydrogens is 410 g/mol. The number of urea groups is 1. The molecule has 1 aromatic heterocycles. The van der Waals surface area contributed by atoms with Crippen molar-refractivity contribution >= 4 is 11.7 Å². The van der Waals surface area contributed by atoms with Crippen LogP contribution in [0.3, 0.4) is 0 Å². The zero-order chi connectivity index (χ0) is 22.7. The summed E-state index contributed by atoms with van der Waals surface area (Å²) in [5, 5.41) is 3.00. The number of nitrogens with one attached hydrogen (secondary N) is 1. The van der Waals surface area contributed by atoms with Crippen LogP contribution in [0.25, 0.3) is 0 Å². The van der Waals surface area contributed by atoms with Gasteiger partial charge >= 0.3 is 6.03 Å². The summed E-state index contributed by atoms with van der Waals surface area (Å²) in [6.07, 6.45) is 2.04. The molecule has 4 rings (SSSR count). The van der Waals surface area contributed by atoms with Crippen LogP contribution in [0.4, 0.5) is 10.5 Å². The van der Waals surface area contributed by atoms with Crippen molar-refractivity contribution in [1.29, 1.82) is 0 Å². The summed E-state index contributed by atoms with van der Waals surface area (Å²) in [6, 6.07) is 14.8. The van der Waals surface area contributed by atoms with Crippen LogP contribution in [0.5, 0.6) is 23.0 Å². The predicted molar refractivity (Wildman–Crippen MR) is 121 cm³/mol. The normalized spacial score (nSPS) is 15.0. The van der Waals surface area contributed by atoms with Gasteiger partial charge in [-0.1, -0.05) is 12.1 Å². The van der Waals surface area contributed by atoms with E-state index in [0.29, 0.717) is 29.5 Å². The number of aromatic nitrogens is 1. The number of hydrogen-bond donors (Lipinski definition) is 1. The highest BCUT2D eigenvalue weighted by atomic mass is 16.5. The Morgan fingerprint density at radius 3 is 2.19 bits per heavy atom. The second-order valence-corrected chi connectivity index (χ2v) is 7.34. The van der Waals surface area contributed by atoms with E-state index < -0.39 is 0 Å². The summed E-state index contributed by atoms with van der Waals surface area (Å²) in [5.41, 5.74) is 2.62. The van der Waals surface area contributed by atoms with Crippen molar-refractivity contribution in [1.82, 2.24) is 9.47 Å². The van der Waals surface area contributed by atoms with Gasteiger partial charge in [-0.05, 0) is 29.8 Å². The maximum absolute atomic E-state index is 13.4. The number of hydrogen-bond acceptors (Lipinski definition) is 5. The number of nitrogens with zero attached hydrogens (tertiary/aromatic N) is 2. The standard InChI is InChI=1S/C24H27N3O5/c1-29-18-9-7-16(8-10-18)22-19-6-5-11-26(19)12-13-27(22)24(28)25-17-14-20(30-2)23(32-4)21(15-17)31-3/h5-11,14-15,22H,12-13H2,1-4H3,(H,25,28)/t22-/m0/s1. The Morgan fingerprint density at radius 2 is 1.59 bits per heavy atom. The Hall–Kier alpha value is -3.81. The van der Waals surface area contributed by atoms with Crippen LogP contribution in [-0.4, -0.2) is 50.5 Å². The van der Waals surface area contributed by atoms with E-state index in [0.717, 1.165) is 23.6 Å². The lowest BCUT2D eigenvalue weighted by molar-refractivity contribution is 0.182. The lowest BCUT2D eigenvalue weighted by Crippen LogP contribution is -2.44. The molecule has 0 saturated heterocycles. The van der Waals surface area contributed by atoms with Gasteiger partial charge in [-0.3, -0.25) is 0 Å². The minimum Gasteiger partial charge on any atom is -0.497 e. The molecule has 0 unspecified atom stereocenters. The smallest absolute Gasteiger partial charge is 0.322 e. The number of benzene rings is 2. The molecule has 32 heavy (non-hydrogen) atoms. The second-order valence-electron chi connectivity index (χ2n) is 7.34. The van der Waals surface area contributed by atoms with Gasteiger partial charge in [0.1, 0.15) is 5.75 Å². The molecule has 2 heterocycles. The van der Waals surface area contributed by atoms with Crippen molar-refractivity contribution in [3.63, 3.8) is 0 Å². The topological polar surface area (TPSA) is 74.2 Å². The number of rotatable bonds is 6. The average Bonchev–Trinajstić information content (AvgIpc) is 3.31. The van der Waals surface area contributed by atoms with Gasteiger partial charge in [-0.2, -0.15) is 0 Å². The van der Waals surface area contributed by atoms with E-state index in [2.05, 4.69) is 9.88 Å². The highest BCUT2D eigenvalue weighted by molar-refractivity contribution is 5.91. The van der Waals surface area contributed by atoms with Gasteiger partial charge in [0.25, 0.3) is 0 Å². The maximum atomic E-state index is 13.4. The number of methoxy groups -OCH3 is 4. The molecule has 2 amide bonds. The number of carbonyl (C=O) groups is 1. The van der Waals surface area contributed by atoms with E-state index in [1.165, 1.54) is 0 Å². The van der Waals surface area contributed by atoms with Gasteiger partial charge in [-0.15, -0.1) is 0 Å². The quantitative estimate of drug-likeness (QED) is 0.627. The van der Waals surface area contributed by atoms with Crippen molar-refractivity contribution in [2.45, 2.75) is 12.6 Å². The summed E-state index contributed by atoms with van der Waals surface area (Å²) in [4.78, 5) is 15.3. The molecule has 8 heteroatoms. The highest BCUT2D eigenvalue weighted by Gasteiger charge is 2.32. The lowest BCUT2D eigenvalue weighted by atomic mass is 10.00. The third-order valence-electron chi connectivity index (χ3n) is 5.65. The van der Waals surface area contributed by atoms with Crippen molar-refractivity contribution in [2.24, 2.45) is 0 Å². The molecule has 1 N–H and O–H groups in total. The number of fused-ring (bicyclic) bond motifs is 1. The number of amides is 2. The van der Waals surface area contributed by atoms with E-state index in [1.807, 2.05) is 47.5 Å². The second kappa shape index (κ2) is 9.13. The van der Waals surface area contributed by atoms with Crippen molar-refractivity contribution in [3.8, 4) is 23.0 Å². The van der Waals surface area contributed by atoms with E-state index in [-0.39, 0.29) is 12.1 Å². The molecule has 0 radical (unpaired) electrons. The first kappa shape index (κ1) is 21.4.